The lowest BCUT2D eigenvalue weighted by atomic mass is 9.86. The number of benzene rings is 2. The van der Waals surface area contributed by atoms with Gasteiger partial charge in [-0.2, -0.15) is 0 Å². The van der Waals surface area contributed by atoms with Gasteiger partial charge in [0.05, 0.1) is 10.6 Å². The summed E-state index contributed by atoms with van der Waals surface area (Å²) in [6, 6.07) is 13.8. The molecule has 2 heterocycles. The molecule has 0 unspecified atom stereocenters. The molecule has 3 aromatic rings. The van der Waals surface area contributed by atoms with Gasteiger partial charge in [-0.3, -0.25) is 0 Å². The monoisotopic (exact) mass is 503 g/mol. The number of aromatic nitrogens is 1. The van der Waals surface area contributed by atoms with Crippen molar-refractivity contribution in [2.75, 3.05) is 17.6 Å². The molecule has 1 aromatic heterocycles. The summed E-state index contributed by atoms with van der Waals surface area (Å²) in [6.45, 7) is 0.409. The average Bonchev–Trinajstić information content (AvgIpc) is 3.13. The smallest absolute Gasteiger partial charge is 0.240 e. The average molecular weight is 504 g/mol. The highest BCUT2D eigenvalue weighted by molar-refractivity contribution is 7.99. The number of sulfonamides is 1. The minimum atomic E-state index is -3.61. The van der Waals surface area contributed by atoms with Gasteiger partial charge in [0.25, 0.3) is 0 Å². The van der Waals surface area contributed by atoms with E-state index >= 15 is 0 Å². The molecule has 1 aliphatic carbocycles. The molecule has 9 heteroatoms. The maximum atomic E-state index is 13.1. The molecule has 2 aliphatic rings. The predicted molar refractivity (Wildman–Crippen MR) is 133 cm³/mol. The Hall–Kier alpha value is -1.94. The van der Waals surface area contributed by atoms with Crippen LogP contribution in [0.5, 0.6) is 0 Å². The van der Waals surface area contributed by atoms with Gasteiger partial charge in [-0.05, 0) is 68.4 Å². The topological polar surface area (TPSA) is 71.1 Å². The van der Waals surface area contributed by atoms with Crippen molar-refractivity contribution in [2.24, 2.45) is 5.92 Å². The van der Waals surface area contributed by atoms with Crippen LogP contribution in [0.25, 0.3) is 11.3 Å². The molecular weight excluding hydrogens is 477 g/mol. The van der Waals surface area contributed by atoms with Crippen LogP contribution in [0.4, 0.5) is 9.52 Å². The van der Waals surface area contributed by atoms with Crippen LogP contribution < -0.4 is 10.0 Å². The summed E-state index contributed by atoms with van der Waals surface area (Å²) >= 11 is 3.66. The van der Waals surface area contributed by atoms with Crippen LogP contribution in [0, 0.1) is 11.7 Å². The number of thiazole rings is 1. The van der Waals surface area contributed by atoms with Crippen LogP contribution in [0.15, 0.2) is 58.3 Å². The first-order chi connectivity index (χ1) is 16.0. The fraction of sp³-hybridized carbons (Fsp3) is 0.375. The van der Waals surface area contributed by atoms with Gasteiger partial charge in [-0.25, -0.2) is 22.5 Å². The maximum absolute atomic E-state index is 13.1. The third-order valence-electron chi connectivity index (χ3n) is 6.29. The Kier molecular flexibility index (Phi) is 6.74. The third-order valence-corrected chi connectivity index (χ3v) is 9.85. The SMILES string of the molecule is O=S(=O)(NC[C@H]1CC[C@H](Nc2nc3c(s2)CCSc2ccccc2-3)CC1)c1ccc(F)cc1. The number of hydrogen-bond donors (Lipinski definition) is 2. The zero-order valence-corrected chi connectivity index (χ0v) is 20.5. The molecule has 1 aliphatic heterocycles. The van der Waals surface area contributed by atoms with Crippen LogP contribution in [0.3, 0.4) is 0 Å². The van der Waals surface area contributed by atoms with E-state index in [9.17, 15) is 12.8 Å². The largest absolute Gasteiger partial charge is 0.359 e. The molecule has 5 rings (SSSR count). The standard InChI is InChI=1S/C24H26FN3O2S3/c25-17-7-11-19(12-8-17)33(29,30)26-15-16-5-9-18(10-6-16)27-24-28-23-20-3-1-2-4-21(20)31-14-13-22(23)32-24/h1-4,7-8,11-12,16,18,26H,5-6,9-10,13-15H2,(H,27,28)/t16-,18-. The molecule has 0 bridgehead atoms. The maximum Gasteiger partial charge on any atom is 0.240 e. The number of nitrogens with zero attached hydrogens (tertiary/aromatic N) is 1. The van der Waals surface area contributed by atoms with E-state index in [1.165, 1.54) is 39.6 Å². The van der Waals surface area contributed by atoms with E-state index in [4.69, 9.17) is 4.98 Å². The second-order valence-corrected chi connectivity index (χ2v) is 12.5. The lowest BCUT2D eigenvalue weighted by Crippen LogP contribution is -2.34. The van der Waals surface area contributed by atoms with Crippen LogP contribution >= 0.6 is 23.1 Å². The number of aryl methyl sites for hydroxylation is 1. The van der Waals surface area contributed by atoms with E-state index in [1.54, 1.807) is 11.3 Å². The van der Waals surface area contributed by atoms with Gasteiger partial charge in [0.2, 0.25) is 10.0 Å². The predicted octanol–water partition coefficient (Wildman–Crippen LogP) is 5.55. The number of rotatable bonds is 6. The van der Waals surface area contributed by atoms with E-state index in [0.29, 0.717) is 18.5 Å². The quantitative estimate of drug-likeness (QED) is 0.462. The molecule has 0 amide bonds. The van der Waals surface area contributed by atoms with E-state index in [2.05, 4.69) is 34.3 Å². The lowest BCUT2D eigenvalue weighted by molar-refractivity contribution is 0.337. The number of anilines is 1. The molecular formula is C24H26FN3O2S3. The first kappa shape index (κ1) is 22.8. The van der Waals surface area contributed by atoms with E-state index in [1.807, 2.05) is 11.8 Å². The van der Waals surface area contributed by atoms with Crippen molar-refractivity contribution < 1.29 is 12.8 Å². The second-order valence-electron chi connectivity index (χ2n) is 8.55. The zero-order valence-electron chi connectivity index (χ0n) is 18.1. The zero-order chi connectivity index (χ0) is 22.8. The van der Waals surface area contributed by atoms with Crippen molar-refractivity contribution >= 4 is 38.3 Å². The minimum absolute atomic E-state index is 0.0998. The van der Waals surface area contributed by atoms with Gasteiger partial charge in [-0.15, -0.1) is 23.1 Å². The van der Waals surface area contributed by atoms with Crippen molar-refractivity contribution in [1.82, 2.24) is 9.71 Å². The van der Waals surface area contributed by atoms with Gasteiger partial charge in [0.15, 0.2) is 5.13 Å². The van der Waals surface area contributed by atoms with E-state index < -0.39 is 15.8 Å². The van der Waals surface area contributed by atoms with E-state index in [-0.39, 0.29) is 4.90 Å². The fourth-order valence-corrected chi connectivity index (χ4v) is 7.76. The number of thioether (sulfide) groups is 1. The number of halogens is 1. The van der Waals surface area contributed by atoms with Gasteiger partial charge in [0, 0.05) is 33.7 Å². The molecule has 2 N–H and O–H groups in total. The van der Waals surface area contributed by atoms with Crippen LogP contribution in [-0.4, -0.2) is 31.7 Å². The summed E-state index contributed by atoms with van der Waals surface area (Å²) in [5, 5.41) is 4.63. The summed E-state index contributed by atoms with van der Waals surface area (Å²) < 4.78 is 40.7. The second kappa shape index (κ2) is 9.74. The molecule has 0 saturated heterocycles. The van der Waals surface area contributed by atoms with Gasteiger partial charge < -0.3 is 5.32 Å². The van der Waals surface area contributed by atoms with Crippen LogP contribution in [0.1, 0.15) is 30.6 Å². The summed E-state index contributed by atoms with van der Waals surface area (Å²) in [5.74, 6) is 0.930. The molecule has 0 atom stereocenters. The Morgan fingerprint density at radius 3 is 2.58 bits per heavy atom. The summed E-state index contributed by atoms with van der Waals surface area (Å²) in [5.41, 5.74) is 2.35. The van der Waals surface area contributed by atoms with Crippen molar-refractivity contribution in [3.63, 3.8) is 0 Å². The van der Waals surface area contributed by atoms with Crippen molar-refractivity contribution in [1.29, 1.82) is 0 Å². The molecule has 174 valence electrons. The van der Waals surface area contributed by atoms with E-state index in [0.717, 1.165) is 48.7 Å². The van der Waals surface area contributed by atoms with Crippen LogP contribution in [0.2, 0.25) is 0 Å². The fourth-order valence-electron chi connectivity index (χ4n) is 4.45. The Balaban J connectivity index is 1.16. The molecule has 1 saturated carbocycles. The summed E-state index contributed by atoms with van der Waals surface area (Å²) in [4.78, 5) is 7.70. The molecule has 0 radical (unpaired) electrons. The highest BCUT2D eigenvalue weighted by Crippen LogP contribution is 2.41. The highest BCUT2D eigenvalue weighted by atomic mass is 32.2. The number of nitrogens with one attached hydrogen (secondary N) is 2. The van der Waals surface area contributed by atoms with Crippen molar-refractivity contribution in [2.45, 2.75) is 47.9 Å². The van der Waals surface area contributed by atoms with Gasteiger partial charge in [0.1, 0.15) is 5.82 Å². The van der Waals surface area contributed by atoms with Crippen molar-refractivity contribution in [3.05, 3.63) is 59.2 Å². The first-order valence-corrected chi connectivity index (χ1v) is 14.5. The Morgan fingerprint density at radius 2 is 1.79 bits per heavy atom. The molecule has 0 spiro atoms. The minimum Gasteiger partial charge on any atom is -0.359 e. The molecule has 5 nitrogen and oxygen atoms in total. The highest BCUT2D eigenvalue weighted by Gasteiger charge is 2.25. The molecule has 33 heavy (non-hydrogen) atoms. The third kappa shape index (κ3) is 5.26. The van der Waals surface area contributed by atoms with Gasteiger partial charge in [-0.1, -0.05) is 18.2 Å². The Bertz CT molecular complexity index is 1220. The van der Waals surface area contributed by atoms with Crippen molar-refractivity contribution in [3.8, 4) is 11.3 Å². The molecule has 1 fully saturated rings. The first-order valence-electron chi connectivity index (χ1n) is 11.2. The molecule has 2 aromatic carbocycles. The summed E-state index contributed by atoms with van der Waals surface area (Å²) in [6.07, 6.45) is 4.91. The van der Waals surface area contributed by atoms with Gasteiger partial charge >= 0.3 is 0 Å². The number of fused-ring (bicyclic) bond motifs is 3. The Morgan fingerprint density at radius 1 is 1.03 bits per heavy atom. The number of hydrogen-bond acceptors (Lipinski definition) is 6. The Labute approximate surface area is 202 Å². The summed E-state index contributed by atoms with van der Waals surface area (Å²) in [7, 11) is -3.61. The van der Waals surface area contributed by atoms with Crippen LogP contribution in [-0.2, 0) is 16.4 Å². The lowest BCUT2D eigenvalue weighted by Gasteiger charge is -2.29. The normalized spacial score (nSPS) is 20.5.